The van der Waals surface area contributed by atoms with Crippen molar-refractivity contribution < 1.29 is 19.1 Å². The lowest BCUT2D eigenvalue weighted by Crippen LogP contribution is -2.13. The fourth-order valence-electron chi connectivity index (χ4n) is 2.90. The van der Waals surface area contributed by atoms with E-state index >= 15 is 0 Å². The second kappa shape index (κ2) is 16.4. The van der Waals surface area contributed by atoms with Gasteiger partial charge in [-0.25, -0.2) is 0 Å². The average molecular weight is 357 g/mol. The van der Waals surface area contributed by atoms with Crippen molar-refractivity contribution in [2.75, 3.05) is 13.2 Å². The summed E-state index contributed by atoms with van der Waals surface area (Å²) in [6.45, 7) is 9.58. The quantitative estimate of drug-likeness (QED) is 0.264. The van der Waals surface area contributed by atoms with Crippen LogP contribution in [0.25, 0.3) is 0 Å². The van der Waals surface area contributed by atoms with E-state index in [1.807, 2.05) is 13.8 Å². The summed E-state index contributed by atoms with van der Waals surface area (Å²) in [4.78, 5) is 23.0. The Bertz CT molecular complexity index is 339. The van der Waals surface area contributed by atoms with Gasteiger partial charge < -0.3 is 9.47 Å². The lowest BCUT2D eigenvalue weighted by molar-refractivity contribution is -0.144. The Balaban J connectivity index is 3.69. The van der Waals surface area contributed by atoms with Crippen molar-refractivity contribution in [1.29, 1.82) is 0 Å². The summed E-state index contributed by atoms with van der Waals surface area (Å²) in [6, 6.07) is 0. The molecule has 0 bridgehead atoms. The van der Waals surface area contributed by atoms with Gasteiger partial charge in [0.1, 0.15) is 0 Å². The third kappa shape index (κ3) is 14.9. The second-order valence-electron chi connectivity index (χ2n) is 7.29. The zero-order chi connectivity index (χ0) is 18.9. The highest BCUT2D eigenvalue weighted by molar-refractivity contribution is 5.69. The summed E-state index contributed by atoms with van der Waals surface area (Å²) in [5.74, 6) is 1.09. The van der Waals surface area contributed by atoms with Gasteiger partial charge in [0.05, 0.1) is 13.2 Å². The van der Waals surface area contributed by atoms with Gasteiger partial charge in [-0.15, -0.1) is 0 Å². The fourth-order valence-corrected chi connectivity index (χ4v) is 2.90. The topological polar surface area (TPSA) is 52.6 Å². The van der Waals surface area contributed by atoms with E-state index in [9.17, 15) is 9.59 Å². The van der Waals surface area contributed by atoms with Crippen molar-refractivity contribution in [2.45, 2.75) is 98.3 Å². The van der Waals surface area contributed by atoms with Crippen LogP contribution in [-0.4, -0.2) is 25.2 Å². The molecule has 0 heterocycles. The zero-order valence-corrected chi connectivity index (χ0v) is 17.0. The number of hydrogen-bond acceptors (Lipinski definition) is 4. The predicted molar refractivity (Wildman–Crippen MR) is 102 cm³/mol. The number of unbranched alkanes of at least 4 members (excludes halogenated alkanes) is 4. The molecule has 0 aliphatic carbocycles. The Morgan fingerprint density at radius 3 is 1.80 bits per heavy atom. The lowest BCUT2D eigenvalue weighted by atomic mass is 9.86. The summed E-state index contributed by atoms with van der Waals surface area (Å²) < 4.78 is 10.2. The molecule has 0 aliphatic heterocycles. The van der Waals surface area contributed by atoms with Crippen LogP contribution < -0.4 is 0 Å². The van der Waals surface area contributed by atoms with Crippen LogP contribution in [0.4, 0.5) is 0 Å². The number of hydrogen-bond donors (Lipinski definition) is 0. The van der Waals surface area contributed by atoms with Crippen molar-refractivity contribution in [3.8, 4) is 0 Å². The monoisotopic (exact) mass is 356 g/mol. The number of carbonyl (C=O) groups excluding carboxylic acids is 2. The fraction of sp³-hybridized carbons (Fsp3) is 0.905. The van der Waals surface area contributed by atoms with E-state index in [1.165, 1.54) is 25.7 Å². The SMILES string of the molecule is CCCOC(=O)CCCCCCCC(CCC(=O)OCCC)C(C)C. The van der Waals surface area contributed by atoms with Crippen molar-refractivity contribution >= 4 is 11.9 Å². The molecular weight excluding hydrogens is 316 g/mol. The molecule has 0 radical (unpaired) electrons. The highest BCUT2D eigenvalue weighted by Gasteiger charge is 2.15. The predicted octanol–water partition coefficient (Wildman–Crippen LogP) is 5.68. The molecule has 0 rings (SSSR count). The lowest BCUT2D eigenvalue weighted by Gasteiger charge is -2.20. The molecule has 148 valence electrons. The van der Waals surface area contributed by atoms with Gasteiger partial charge in [0.25, 0.3) is 0 Å². The normalized spacial score (nSPS) is 12.2. The molecule has 0 aromatic rings. The molecule has 25 heavy (non-hydrogen) atoms. The molecule has 0 aromatic carbocycles. The highest BCUT2D eigenvalue weighted by Crippen LogP contribution is 2.24. The number of ether oxygens (including phenoxy) is 2. The van der Waals surface area contributed by atoms with Crippen LogP contribution in [0, 0.1) is 11.8 Å². The Hall–Kier alpha value is -1.06. The van der Waals surface area contributed by atoms with Gasteiger partial charge >= 0.3 is 11.9 Å². The number of rotatable bonds is 16. The van der Waals surface area contributed by atoms with Gasteiger partial charge in [-0.05, 0) is 37.5 Å². The molecule has 0 N–H and O–H groups in total. The molecule has 1 atom stereocenters. The minimum atomic E-state index is -0.0586. The van der Waals surface area contributed by atoms with Gasteiger partial charge in [-0.3, -0.25) is 9.59 Å². The molecule has 0 aliphatic rings. The van der Waals surface area contributed by atoms with Crippen LogP contribution in [0.15, 0.2) is 0 Å². The van der Waals surface area contributed by atoms with Crippen molar-refractivity contribution in [1.82, 2.24) is 0 Å². The van der Waals surface area contributed by atoms with Gasteiger partial charge in [0.15, 0.2) is 0 Å². The highest BCUT2D eigenvalue weighted by atomic mass is 16.5. The van der Waals surface area contributed by atoms with Crippen molar-refractivity contribution in [3.63, 3.8) is 0 Å². The number of esters is 2. The standard InChI is InChI=1S/C21H40O4/c1-5-16-24-20(22)13-11-9-7-8-10-12-19(18(3)4)14-15-21(23)25-17-6-2/h18-19H,5-17H2,1-4H3. The van der Waals surface area contributed by atoms with E-state index in [-0.39, 0.29) is 11.9 Å². The zero-order valence-electron chi connectivity index (χ0n) is 17.0. The van der Waals surface area contributed by atoms with E-state index in [4.69, 9.17) is 9.47 Å². The molecule has 1 unspecified atom stereocenters. The van der Waals surface area contributed by atoms with E-state index in [0.29, 0.717) is 37.9 Å². The van der Waals surface area contributed by atoms with Gasteiger partial charge in [-0.2, -0.15) is 0 Å². The second-order valence-corrected chi connectivity index (χ2v) is 7.29. The summed E-state index contributed by atoms with van der Waals surface area (Å²) in [5.41, 5.74) is 0. The van der Waals surface area contributed by atoms with Crippen LogP contribution in [0.2, 0.25) is 0 Å². The van der Waals surface area contributed by atoms with Crippen molar-refractivity contribution in [3.05, 3.63) is 0 Å². The van der Waals surface area contributed by atoms with E-state index < -0.39 is 0 Å². The van der Waals surface area contributed by atoms with E-state index in [0.717, 1.165) is 32.1 Å². The van der Waals surface area contributed by atoms with Crippen LogP contribution >= 0.6 is 0 Å². The molecule has 0 amide bonds. The maximum atomic E-state index is 11.6. The molecule has 0 fully saturated rings. The van der Waals surface area contributed by atoms with Crippen LogP contribution in [0.5, 0.6) is 0 Å². The Morgan fingerprint density at radius 2 is 1.24 bits per heavy atom. The molecule has 0 spiro atoms. The summed E-state index contributed by atoms with van der Waals surface area (Å²) in [7, 11) is 0. The minimum absolute atomic E-state index is 0.0533. The van der Waals surface area contributed by atoms with E-state index in [1.54, 1.807) is 0 Å². The van der Waals surface area contributed by atoms with Crippen LogP contribution in [-0.2, 0) is 19.1 Å². The summed E-state index contributed by atoms with van der Waals surface area (Å²) in [5, 5.41) is 0. The molecule has 0 saturated carbocycles. The van der Waals surface area contributed by atoms with E-state index in [2.05, 4.69) is 13.8 Å². The molecule has 4 heteroatoms. The third-order valence-corrected chi connectivity index (χ3v) is 4.55. The van der Waals surface area contributed by atoms with Crippen molar-refractivity contribution in [2.24, 2.45) is 11.8 Å². The average Bonchev–Trinajstić information content (AvgIpc) is 2.59. The van der Waals surface area contributed by atoms with Gasteiger partial charge in [-0.1, -0.05) is 59.8 Å². The Kier molecular flexibility index (Phi) is 15.7. The first-order chi connectivity index (χ1) is 12.0. The summed E-state index contributed by atoms with van der Waals surface area (Å²) >= 11 is 0. The summed E-state index contributed by atoms with van der Waals surface area (Å²) in [6.07, 6.45) is 10.6. The third-order valence-electron chi connectivity index (χ3n) is 4.55. The molecule has 4 nitrogen and oxygen atoms in total. The maximum absolute atomic E-state index is 11.6. The van der Waals surface area contributed by atoms with Gasteiger partial charge in [0, 0.05) is 12.8 Å². The van der Waals surface area contributed by atoms with Crippen LogP contribution in [0.3, 0.4) is 0 Å². The molecular formula is C21H40O4. The smallest absolute Gasteiger partial charge is 0.305 e. The molecule has 0 saturated heterocycles. The maximum Gasteiger partial charge on any atom is 0.305 e. The Morgan fingerprint density at radius 1 is 0.720 bits per heavy atom. The minimum Gasteiger partial charge on any atom is -0.466 e. The first-order valence-corrected chi connectivity index (χ1v) is 10.3. The molecule has 0 aromatic heterocycles. The number of carbonyl (C=O) groups is 2. The van der Waals surface area contributed by atoms with Gasteiger partial charge in [0.2, 0.25) is 0 Å². The first kappa shape index (κ1) is 23.9. The first-order valence-electron chi connectivity index (χ1n) is 10.3. The van der Waals surface area contributed by atoms with Crippen LogP contribution in [0.1, 0.15) is 98.3 Å². The Labute approximate surface area is 155 Å². The largest absolute Gasteiger partial charge is 0.466 e.